The molecule has 68 heavy (non-hydrogen) atoms. The summed E-state index contributed by atoms with van der Waals surface area (Å²) >= 11 is 0. The van der Waals surface area contributed by atoms with Gasteiger partial charge in [-0.15, -0.1) is 0 Å². The van der Waals surface area contributed by atoms with Crippen LogP contribution in [-0.2, 0) is 26.1 Å². The molecule has 0 saturated carbocycles. The molecular formula is C57H60N6O4Si. The topological polar surface area (TPSA) is 104 Å². The maximum atomic E-state index is 13.2. The average Bonchev–Trinajstić information content (AvgIpc) is 3.80. The number of hydrogen-bond donors (Lipinski definition) is 1. The molecule has 1 N–H and O–H groups in total. The summed E-state index contributed by atoms with van der Waals surface area (Å²) in [5.41, 5.74) is 5.65. The number of nitrogens with one attached hydrogen (secondary N) is 1. The minimum Gasteiger partial charge on any atom is -0.471 e. The minimum absolute atomic E-state index is 0.128. The van der Waals surface area contributed by atoms with Crippen molar-refractivity contribution in [2.24, 2.45) is 5.92 Å². The van der Waals surface area contributed by atoms with Gasteiger partial charge >= 0.3 is 0 Å². The van der Waals surface area contributed by atoms with Gasteiger partial charge in [-0.25, -0.2) is 4.98 Å². The first-order chi connectivity index (χ1) is 33.0. The summed E-state index contributed by atoms with van der Waals surface area (Å²) in [7, 11) is -3.00. The zero-order valence-electron chi connectivity index (χ0n) is 39.8. The molecule has 0 radical (unpaired) electrons. The molecule has 346 valence electrons. The van der Waals surface area contributed by atoms with E-state index in [4.69, 9.17) is 28.9 Å². The lowest BCUT2D eigenvalue weighted by atomic mass is 9.75. The third-order valence-electron chi connectivity index (χ3n) is 13.1. The van der Waals surface area contributed by atoms with Crippen LogP contribution in [0, 0.1) is 12.8 Å². The first-order valence-electron chi connectivity index (χ1n) is 23.5. The van der Waals surface area contributed by atoms with E-state index in [-0.39, 0.29) is 35.3 Å². The molecule has 0 bridgehead atoms. The fourth-order valence-corrected chi connectivity index (χ4v) is 14.3. The third kappa shape index (κ3) is 9.14. The molecule has 0 spiro atoms. The van der Waals surface area contributed by atoms with Crippen molar-refractivity contribution in [1.82, 2.24) is 24.4 Å². The summed E-state index contributed by atoms with van der Waals surface area (Å²) in [6.07, 6.45) is 0.684. The Morgan fingerprint density at radius 1 is 0.721 bits per heavy atom. The molecule has 9 rings (SSSR count). The summed E-state index contributed by atoms with van der Waals surface area (Å²) < 4.78 is 23.5. The Morgan fingerprint density at radius 2 is 1.24 bits per heavy atom. The molecule has 0 unspecified atom stereocenters. The Kier molecular flexibility index (Phi) is 13.5. The highest BCUT2D eigenvalue weighted by atomic mass is 28.4. The van der Waals surface area contributed by atoms with Crippen molar-refractivity contribution in [3.63, 3.8) is 0 Å². The first kappa shape index (κ1) is 46.4. The van der Waals surface area contributed by atoms with Crippen LogP contribution in [0.5, 0.6) is 5.88 Å². The molecule has 11 heteroatoms. The molecule has 1 aliphatic rings. The number of ether oxygens (including phenoxy) is 2. The number of aryl methyl sites for hydroxylation is 1. The van der Waals surface area contributed by atoms with Gasteiger partial charge in [0.15, 0.2) is 11.2 Å². The zero-order chi connectivity index (χ0) is 47.3. The lowest BCUT2D eigenvalue weighted by molar-refractivity contribution is -0.146. The van der Waals surface area contributed by atoms with Crippen molar-refractivity contribution in [2.75, 3.05) is 25.0 Å². The Morgan fingerprint density at radius 3 is 1.74 bits per heavy atom. The van der Waals surface area contributed by atoms with Crippen LogP contribution in [0.15, 0.2) is 182 Å². The molecule has 2 atom stereocenters. The number of morpholine rings is 1. The largest absolute Gasteiger partial charge is 0.471 e. The number of carbonyl (C=O) groups excluding carboxylic acids is 1. The fourth-order valence-electron chi connectivity index (χ4n) is 9.75. The predicted octanol–water partition coefficient (Wildman–Crippen LogP) is 10.1. The van der Waals surface area contributed by atoms with Crippen LogP contribution in [0.1, 0.15) is 68.7 Å². The van der Waals surface area contributed by atoms with Crippen molar-refractivity contribution >= 4 is 41.7 Å². The van der Waals surface area contributed by atoms with Gasteiger partial charge in [-0.3, -0.25) is 19.6 Å². The lowest BCUT2D eigenvalue weighted by Gasteiger charge is -2.51. The number of benzene rings is 6. The molecule has 1 aliphatic heterocycles. The van der Waals surface area contributed by atoms with Crippen LogP contribution in [-0.4, -0.2) is 64.4 Å². The van der Waals surface area contributed by atoms with Gasteiger partial charge in [0, 0.05) is 19.0 Å². The van der Waals surface area contributed by atoms with E-state index < -0.39 is 26.2 Å². The van der Waals surface area contributed by atoms with Crippen LogP contribution in [0.2, 0.25) is 5.04 Å². The van der Waals surface area contributed by atoms with Crippen LogP contribution in [0.3, 0.4) is 0 Å². The highest BCUT2D eigenvalue weighted by molar-refractivity contribution is 6.99. The minimum atomic E-state index is -3.00. The summed E-state index contributed by atoms with van der Waals surface area (Å²) in [4.78, 5) is 30.4. The average molecular weight is 921 g/mol. The highest BCUT2D eigenvalue weighted by Gasteiger charge is 2.52. The number of amides is 1. The Balaban J connectivity index is 1.21. The number of hydrogen-bond acceptors (Lipinski definition) is 8. The fraction of sp³-hybridized carbons (Fsp3) is 0.263. The molecule has 1 fully saturated rings. The molecule has 3 heterocycles. The van der Waals surface area contributed by atoms with Crippen molar-refractivity contribution in [3.05, 3.63) is 210 Å². The van der Waals surface area contributed by atoms with E-state index in [1.807, 2.05) is 30.5 Å². The van der Waals surface area contributed by atoms with Gasteiger partial charge in [-0.2, -0.15) is 9.97 Å². The van der Waals surface area contributed by atoms with Crippen molar-refractivity contribution in [2.45, 2.75) is 71.1 Å². The van der Waals surface area contributed by atoms with Crippen LogP contribution < -0.4 is 20.4 Å². The Bertz CT molecular complexity index is 2780. The molecule has 1 saturated heterocycles. The number of aromatic nitrogens is 4. The van der Waals surface area contributed by atoms with Crippen LogP contribution in [0.25, 0.3) is 11.2 Å². The number of fused-ring (bicyclic) bond motifs is 1. The second-order valence-electron chi connectivity index (χ2n) is 19.0. The van der Waals surface area contributed by atoms with E-state index >= 15 is 0 Å². The monoisotopic (exact) mass is 920 g/mol. The molecule has 0 aliphatic carbocycles. The normalized spacial score (nSPS) is 15.9. The second-order valence-corrected chi connectivity index (χ2v) is 23.3. The van der Waals surface area contributed by atoms with Gasteiger partial charge in [0.2, 0.25) is 17.7 Å². The van der Waals surface area contributed by atoms with Gasteiger partial charge in [-0.05, 0) is 44.6 Å². The van der Waals surface area contributed by atoms with E-state index in [9.17, 15) is 4.79 Å². The van der Waals surface area contributed by atoms with E-state index in [0.29, 0.717) is 30.9 Å². The first-order valence-corrected chi connectivity index (χ1v) is 25.4. The van der Waals surface area contributed by atoms with Gasteiger partial charge in [0.05, 0.1) is 24.6 Å². The van der Waals surface area contributed by atoms with Crippen molar-refractivity contribution < 1.29 is 18.7 Å². The molecule has 2 aromatic heterocycles. The van der Waals surface area contributed by atoms with Crippen LogP contribution >= 0.6 is 0 Å². The second kappa shape index (κ2) is 19.8. The van der Waals surface area contributed by atoms with E-state index in [1.165, 1.54) is 10.4 Å². The highest BCUT2D eigenvalue weighted by Crippen LogP contribution is 2.46. The number of rotatable bonds is 15. The summed E-state index contributed by atoms with van der Waals surface area (Å²) in [5.74, 6) is -0.119. The zero-order valence-corrected chi connectivity index (χ0v) is 40.8. The molecule has 10 nitrogen and oxygen atoms in total. The smallest absolute Gasteiger partial charge is 0.261 e. The molecular weight excluding hydrogens is 861 g/mol. The summed E-state index contributed by atoms with van der Waals surface area (Å²) in [6, 6.07) is 61.9. The van der Waals surface area contributed by atoms with Crippen molar-refractivity contribution in [3.8, 4) is 5.88 Å². The van der Waals surface area contributed by atoms with Gasteiger partial charge < -0.3 is 13.9 Å². The number of carbonyl (C=O) groups is 1. The predicted molar refractivity (Wildman–Crippen MR) is 273 cm³/mol. The summed E-state index contributed by atoms with van der Waals surface area (Å²) in [5, 5.41) is 5.08. The Hall–Kier alpha value is -6.76. The van der Waals surface area contributed by atoms with E-state index in [1.54, 1.807) is 6.33 Å². The van der Waals surface area contributed by atoms with Gasteiger partial charge in [0.1, 0.15) is 12.8 Å². The summed E-state index contributed by atoms with van der Waals surface area (Å²) in [6.45, 7) is 14.1. The van der Waals surface area contributed by atoms with Crippen molar-refractivity contribution in [1.29, 1.82) is 0 Å². The van der Waals surface area contributed by atoms with E-state index in [2.05, 4.69) is 202 Å². The van der Waals surface area contributed by atoms with E-state index in [0.717, 1.165) is 27.8 Å². The van der Waals surface area contributed by atoms with Gasteiger partial charge in [0.25, 0.3) is 8.32 Å². The number of anilines is 1. The molecule has 8 aromatic rings. The SMILES string of the molecule is Cc1ccc(COc2nc(NC(=O)C(C)C)nc3c2ncn3[C@H]2CN(C(c3ccccc3)(c3ccccc3)c3ccccc3)C[C@@H](CO[Si](c3ccccc3)(c3ccccc3)C(C)(C)C)O2)cc1. The standard InChI is InChI=1S/C57H60N6O4Si/c1-41(2)53(64)60-55-59-52-51(54(61-55)65-38-43-34-32-42(3)33-35-43)58-40-63(52)50-37-62(57(44-22-12-7-13-23-44,45-24-14-8-15-25-45)46-26-16-9-17-27-46)36-47(67-50)39-66-68(56(4,5)6,48-28-18-10-19-29-48)49-30-20-11-21-31-49/h7-35,40-41,47,50H,36-39H2,1-6H3,(H,59,60,61,64)/t47-,50+/m0/s1. The lowest BCUT2D eigenvalue weighted by Crippen LogP contribution is -2.67. The third-order valence-corrected chi connectivity index (χ3v) is 18.1. The molecule has 1 amide bonds. The molecule has 6 aromatic carbocycles. The quantitative estimate of drug-likeness (QED) is 0.0801. The Labute approximate surface area is 401 Å². The number of imidazole rings is 1. The van der Waals surface area contributed by atoms with Crippen LogP contribution in [0.4, 0.5) is 5.95 Å². The maximum Gasteiger partial charge on any atom is 0.261 e. The maximum absolute atomic E-state index is 13.2. The van der Waals surface area contributed by atoms with Gasteiger partial charge in [-0.1, -0.05) is 216 Å². The number of nitrogens with zero attached hydrogens (tertiary/aromatic N) is 5.